The highest BCUT2D eigenvalue weighted by Gasteiger charge is 2.17. The van der Waals surface area contributed by atoms with Gasteiger partial charge in [-0.3, -0.25) is 0 Å². The Hall–Kier alpha value is -4.82. The molecule has 0 amide bonds. The summed E-state index contributed by atoms with van der Waals surface area (Å²) in [6, 6.07) is 38.9. The Kier molecular flexibility index (Phi) is 3.31. The van der Waals surface area contributed by atoms with E-state index in [1.807, 2.05) is 24.3 Å². The molecule has 9 aromatic rings. The Balaban J connectivity index is 1.35. The minimum absolute atomic E-state index is 0.886. The molecule has 7 aromatic carbocycles. The summed E-state index contributed by atoms with van der Waals surface area (Å²) in [5.74, 6) is 0. The Bertz CT molecular complexity index is 2300. The molecule has 9 rings (SSSR count). The summed E-state index contributed by atoms with van der Waals surface area (Å²) in [6.45, 7) is 0. The van der Waals surface area contributed by atoms with Gasteiger partial charge in [-0.2, -0.15) is 0 Å². The fraction of sp³-hybridized carbons (Fsp3) is 0. The van der Waals surface area contributed by atoms with E-state index in [4.69, 9.17) is 8.83 Å². The van der Waals surface area contributed by atoms with E-state index in [2.05, 4.69) is 84.9 Å². The molecule has 2 heteroatoms. The largest absolute Gasteiger partial charge is 0.456 e. The monoisotopic (exact) mass is 458 g/mol. The van der Waals surface area contributed by atoms with Crippen LogP contribution in [-0.2, 0) is 0 Å². The zero-order chi connectivity index (χ0) is 23.4. The summed E-state index contributed by atoms with van der Waals surface area (Å²) in [4.78, 5) is 0. The van der Waals surface area contributed by atoms with Crippen molar-refractivity contribution in [3.63, 3.8) is 0 Å². The third kappa shape index (κ3) is 2.26. The van der Waals surface area contributed by atoms with Gasteiger partial charge in [0, 0.05) is 21.5 Å². The first-order valence-electron chi connectivity index (χ1n) is 12.3. The number of furan rings is 2. The second-order valence-corrected chi connectivity index (χ2v) is 9.69. The lowest BCUT2D eigenvalue weighted by molar-refractivity contribution is 0.663. The molecule has 2 heterocycles. The average Bonchev–Trinajstić information content (AvgIpc) is 3.49. The molecule has 0 saturated carbocycles. The fourth-order valence-corrected chi connectivity index (χ4v) is 6.24. The van der Waals surface area contributed by atoms with E-state index in [0.717, 1.165) is 49.4 Å². The molecule has 0 aliphatic carbocycles. The Morgan fingerprint density at radius 1 is 0.361 bits per heavy atom. The van der Waals surface area contributed by atoms with Gasteiger partial charge in [-0.25, -0.2) is 0 Å². The van der Waals surface area contributed by atoms with Crippen LogP contribution in [0.2, 0.25) is 0 Å². The fourth-order valence-electron chi connectivity index (χ4n) is 6.24. The summed E-state index contributed by atoms with van der Waals surface area (Å²) in [5.41, 5.74) is 5.96. The van der Waals surface area contributed by atoms with Crippen LogP contribution in [0, 0.1) is 0 Å². The molecule has 0 aliphatic heterocycles. The normalized spacial score (nSPS) is 12.4. The minimum Gasteiger partial charge on any atom is -0.456 e. The minimum atomic E-state index is 0.886. The molecule has 0 N–H and O–H groups in total. The smallest absolute Gasteiger partial charge is 0.136 e. The zero-order valence-corrected chi connectivity index (χ0v) is 19.2. The molecular formula is C34H18O2. The summed E-state index contributed by atoms with van der Waals surface area (Å²) >= 11 is 0. The van der Waals surface area contributed by atoms with Gasteiger partial charge in [0.2, 0.25) is 0 Å². The number of rotatable bonds is 1. The quantitative estimate of drug-likeness (QED) is 0.229. The summed E-state index contributed by atoms with van der Waals surface area (Å²) in [5, 5.41) is 12.3. The lowest BCUT2D eigenvalue weighted by atomic mass is 9.90. The standard InChI is InChI=1S/C34H18O2/c1-2-7-27-25(6-1)33-28(35-27)16-17-29-34(33)26-15-12-22(18-30(26)36-29)23-13-10-21-9-8-19-4-3-5-20-11-14-24(23)32(21)31(19)20/h1-18H. The molecule has 0 unspecified atom stereocenters. The van der Waals surface area contributed by atoms with Gasteiger partial charge in [0.05, 0.1) is 0 Å². The van der Waals surface area contributed by atoms with Crippen LogP contribution >= 0.6 is 0 Å². The van der Waals surface area contributed by atoms with Crippen molar-refractivity contribution in [1.82, 2.24) is 0 Å². The van der Waals surface area contributed by atoms with Crippen LogP contribution in [0.5, 0.6) is 0 Å². The highest BCUT2D eigenvalue weighted by atomic mass is 16.3. The van der Waals surface area contributed by atoms with Crippen LogP contribution in [-0.4, -0.2) is 0 Å². The van der Waals surface area contributed by atoms with E-state index >= 15 is 0 Å². The van der Waals surface area contributed by atoms with Gasteiger partial charge in [0.25, 0.3) is 0 Å². The maximum atomic E-state index is 6.42. The molecule has 0 bridgehead atoms. The van der Waals surface area contributed by atoms with Crippen molar-refractivity contribution in [2.24, 2.45) is 0 Å². The van der Waals surface area contributed by atoms with E-state index in [1.165, 1.54) is 37.9 Å². The molecule has 36 heavy (non-hydrogen) atoms. The molecule has 0 atom stereocenters. The lowest BCUT2D eigenvalue weighted by Gasteiger charge is -2.14. The molecule has 0 radical (unpaired) electrons. The van der Waals surface area contributed by atoms with Crippen molar-refractivity contribution >= 4 is 76.2 Å². The number of benzene rings is 7. The van der Waals surface area contributed by atoms with Gasteiger partial charge in [0.1, 0.15) is 22.3 Å². The average molecular weight is 459 g/mol. The molecule has 0 fully saturated rings. The number of para-hydroxylation sites is 1. The van der Waals surface area contributed by atoms with Gasteiger partial charge in [0.15, 0.2) is 0 Å². The molecule has 0 saturated heterocycles. The number of fused-ring (bicyclic) bond motifs is 7. The topological polar surface area (TPSA) is 26.3 Å². The van der Waals surface area contributed by atoms with Gasteiger partial charge in [-0.05, 0) is 73.8 Å². The third-order valence-corrected chi connectivity index (χ3v) is 7.82. The molecular weight excluding hydrogens is 440 g/mol. The zero-order valence-electron chi connectivity index (χ0n) is 19.2. The Labute approximate surface area is 205 Å². The van der Waals surface area contributed by atoms with E-state index < -0.39 is 0 Å². The molecule has 2 aromatic heterocycles. The van der Waals surface area contributed by atoms with E-state index in [1.54, 1.807) is 0 Å². The van der Waals surface area contributed by atoms with E-state index in [9.17, 15) is 0 Å². The maximum Gasteiger partial charge on any atom is 0.136 e. The number of hydrogen-bond donors (Lipinski definition) is 0. The lowest BCUT2D eigenvalue weighted by Crippen LogP contribution is -1.87. The first-order chi connectivity index (χ1) is 17.8. The Morgan fingerprint density at radius 3 is 1.83 bits per heavy atom. The molecule has 0 aliphatic rings. The second-order valence-electron chi connectivity index (χ2n) is 9.69. The van der Waals surface area contributed by atoms with Crippen molar-refractivity contribution < 1.29 is 8.83 Å². The van der Waals surface area contributed by atoms with Crippen molar-refractivity contribution in [3.05, 3.63) is 109 Å². The highest BCUT2D eigenvalue weighted by molar-refractivity contribution is 6.27. The summed E-state index contributed by atoms with van der Waals surface area (Å²) < 4.78 is 12.6. The Morgan fingerprint density at radius 2 is 1.00 bits per heavy atom. The van der Waals surface area contributed by atoms with Crippen molar-refractivity contribution in [1.29, 1.82) is 0 Å². The highest BCUT2D eigenvalue weighted by Crippen LogP contribution is 2.43. The first-order valence-corrected chi connectivity index (χ1v) is 12.3. The van der Waals surface area contributed by atoms with Crippen LogP contribution in [0.1, 0.15) is 0 Å². The van der Waals surface area contributed by atoms with Crippen LogP contribution in [0.25, 0.3) is 87.3 Å². The van der Waals surface area contributed by atoms with E-state index in [0.29, 0.717) is 0 Å². The van der Waals surface area contributed by atoms with Gasteiger partial charge in [-0.15, -0.1) is 0 Å². The first kappa shape index (κ1) is 18.5. The maximum absolute atomic E-state index is 6.42. The molecule has 0 spiro atoms. The predicted octanol–water partition coefficient (Wildman–Crippen LogP) is 10.0. The van der Waals surface area contributed by atoms with Crippen molar-refractivity contribution in [2.75, 3.05) is 0 Å². The predicted molar refractivity (Wildman–Crippen MR) is 150 cm³/mol. The molecule has 2 nitrogen and oxygen atoms in total. The SMILES string of the molecule is c1cc2ccc3ccc(-c4ccc5c(c4)oc4ccc6oc7ccccc7c6c45)c4ccc(c1)c2c34. The van der Waals surface area contributed by atoms with Crippen LogP contribution in [0.15, 0.2) is 118 Å². The van der Waals surface area contributed by atoms with Crippen molar-refractivity contribution in [2.45, 2.75) is 0 Å². The van der Waals surface area contributed by atoms with Gasteiger partial charge < -0.3 is 8.83 Å². The van der Waals surface area contributed by atoms with Crippen LogP contribution < -0.4 is 0 Å². The number of hydrogen-bond acceptors (Lipinski definition) is 2. The summed E-state index contributed by atoms with van der Waals surface area (Å²) in [6.07, 6.45) is 0. The van der Waals surface area contributed by atoms with E-state index in [-0.39, 0.29) is 0 Å². The van der Waals surface area contributed by atoms with Gasteiger partial charge in [-0.1, -0.05) is 78.9 Å². The summed E-state index contributed by atoms with van der Waals surface area (Å²) in [7, 11) is 0. The van der Waals surface area contributed by atoms with Gasteiger partial charge >= 0.3 is 0 Å². The second kappa shape index (κ2) is 6.44. The third-order valence-electron chi connectivity index (χ3n) is 7.82. The van der Waals surface area contributed by atoms with Crippen molar-refractivity contribution in [3.8, 4) is 11.1 Å². The van der Waals surface area contributed by atoms with Crippen LogP contribution in [0.4, 0.5) is 0 Å². The molecule has 166 valence electrons. The van der Waals surface area contributed by atoms with Crippen LogP contribution in [0.3, 0.4) is 0 Å².